The van der Waals surface area contributed by atoms with E-state index in [2.05, 4.69) is 5.43 Å². The van der Waals surface area contributed by atoms with Gasteiger partial charge in [-0.1, -0.05) is 24.3 Å². The summed E-state index contributed by atoms with van der Waals surface area (Å²) in [5, 5.41) is 1.05. The lowest BCUT2D eigenvalue weighted by Gasteiger charge is -2.35. The quantitative estimate of drug-likeness (QED) is 0.777. The third-order valence-corrected chi connectivity index (χ3v) is 3.91. The Hall–Kier alpha value is -2.83. The number of hydrogen-bond donors (Lipinski definition) is 1. The minimum atomic E-state index is -4.56. The molecule has 0 fully saturated rings. The number of carbonyl (C=O) groups excluding carboxylic acids is 2. The van der Waals surface area contributed by atoms with Crippen LogP contribution in [0.5, 0.6) is 0 Å². The molecular weight excluding hydrogens is 357 g/mol. The van der Waals surface area contributed by atoms with E-state index in [1.54, 1.807) is 52.0 Å². The molecule has 2 aromatic carbocycles. The number of halogens is 3. The Balaban J connectivity index is 2.36. The van der Waals surface area contributed by atoms with Crippen molar-refractivity contribution >= 4 is 11.8 Å². The Morgan fingerprint density at radius 2 is 1.59 bits per heavy atom. The molecule has 0 unspecified atom stereocenters. The highest BCUT2D eigenvalue weighted by molar-refractivity contribution is 6.00. The number of hydrazine groups is 1. The highest BCUT2D eigenvalue weighted by Crippen LogP contribution is 2.30. The highest BCUT2D eigenvalue weighted by atomic mass is 19.4. The van der Waals surface area contributed by atoms with Crippen molar-refractivity contribution in [3.63, 3.8) is 0 Å². The molecule has 0 spiro atoms. The van der Waals surface area contributed by atoms with Gasteiger partial charge in [-0.3, -0.25) is 15.0 Å². The van der Waals surface area contributed by atoms with Crippen LogP contribution in [-0.2, 0) is 6.18 Å². The molecule has 0 radical (unpaired) electrons. The molecule has 0 saturated heterocycles. The predicted octanol–water partition coefficient (Wildman–Crippen LogP) is 4.60. The number of nitrogens with zero attached hydrogens (tertiary/aromatic N) is 1. The number of nitrogens with one attached hydrogen (secondary N) is 1. The fourth-order valence-corrected chi connectivity index (χ4v) is 2.47. The van der Waals surface area contributed by atoms with Gasteiger partial charge in [-0.05, 0) is 57.5 Å². The van der Waals surface area contributed by atoms with Crippen molar-refractivity contribution in [2.24, 2.45) is 0 Å². The molecule has 0 aliphatic carbocycles. The molecule has 7 heteroatoms. The average molecular weight is 378 g/mol. The Morgan fingerprint density at radius 1 is 0.963 bits per heavy atom. The second-order valence-corrected chi connectivity index (χ2v) is 7.15. The first kappa shape index (κ1) is 20.5. The van der Waals surface area contributed by atoms with Gasteiger partial charge in [0.25, 0.3) is 11.8 Å². The summed E-state index contributed by atoms with van der Waals surface area (Å²) in [6, 6.07) is 11.0. The monoisotopic (exact) mass is 378 g/mol. The first-order valence-electron chi connectivity index (χ1n) is 8.29. The van der Waals surface area contributed by atoms with Gasteiger partial charge in [-0.25, -0.2) is 5.01 Å². The standard InChI is InChI=1S/C20H21F3N2O2/c1-13-8-5-6-11-16(13)17(26)24-25(19(2,3)4)18(27)14-9-7-10-15(12-14)20(21,22)23/h5-12H,1-4H3,(H,24,26). The molecule has 1 N–H and O–H groups in total. The Kier molecular flexibility index (Phi) is 5.63. The molecule has 0 aliphatic rings. The number of aryl methyl sites for hydroxylation is 1. The van der Waals surface area contributed by atoms with Gasteiger partial charge in [-0.2, -0.15) is 13.2 Å². The summed E-state index contributed by atoms with van der Waals surface area (Å²) >= 11 is 0. The fourth-order valence-electron chi connectivity index (χ4n) is 2.47. The maximum atomic E-state index is 12.9. The lowest BCUT2D eigenvalue weighted by molar-refractivity contribution is -0.137. The summed E-state index contributed by atoms with van der Waals surface area (Å²) in [5.41, 5.74) is 1.69. The molecule has 2 amide bonds. The van der Waals surface area contributed by atoms with Crippen molar-refractivity contribution in [2.45, 2.75) is 39.4 Å². The van der Waals surface area contributed by atoms with Crippen LogP contribution in [0.4, 0.5) is 13.2 Å². The van der Waals surface area contributed by atoms with Crippen LogP contribution >= 0.6 is 0 Å². The second-order valence-electron chi connectivity index (χ2n) is 7.15. The maximum absolute atomic E-state index is 12.9. The van der Waals surface area contributed by atoms with E-state index in [4.69, 9.17) is 0 Å². The summed E-state index contributed by atoms with van der Waals surface area (Å²) < 4.78 is 38.8. The van der Waals surface area contributed by atoms with Gasteiger partial charge in [-0.15, -0.1) is 0 Å². The van der Waals surface area contributed by atoms with E-state index in [0.29, 0.717) is 5.56 Å². The van der Waals surface area contributed by atoms with Gasteiger partial charge in [0, 0.05) is 11.1 Å². The Bertz CT molecular complexity index is 855. The van der Waals surface area contributed by atoms with Gasteiger partial charge in [0.1, 0.15) is 0 Å². The van der Waals surface area contributed by atoms with Gasteiger partial charge >= 0.3 is 6.18 Å². The van der Waals surface area contributed by atoms with E-state index < -0.39 is 29.1 Å². The first-order chi connectivity index (χ1) is 12.4. The van der Waals surface area contributed by atoms with Gasteiger partial charge in [0.2, 0.25) is 0 Å². The van der Waals surface area contributed by atoms with Crippen LogP contribution in [0.1, 0.15) is 52.6 Å². The minimum absolute atomic E-state index is 0.162. The maximum Gasteiger partial charge on any atom is 0.416 e. The molecule has 4 nitrogen and oxygen atoms in total. The molecule has 0 atom stereocenters. The Labute approximate surface area is 156 Å². The highest BCUT2D eigenvalue weighted by Gasteiger charge is 2.33. The summed E-state index contributed by atoms with van der Waals surface area (Å²) in [7, 11) is 0. The molecule has 2 aromatic rings. The molecule has 0 aliphatic heterocycles. The number of benzene rings is 2. The van der Waals surface area contributed by atoms with Crippen LogP contribution in [0.25, 0.3) is 0 Å². The van der Waals surface area contributed by atoms with Crippen LogP contribution < -0.4 is 5.43 Å². The molecule has 27 heavy (non-hydrogen) atoms. The van der Waals surface area contributed by atoms with Gasteiger partial charge < -0.3 is 0 Å². The second kappa shape index (κ2) is 7.42. The van der Waals surface area contributed by atoms with Crippen molar-refractivity contribution in [3.8, 4) is 0 Å². The normalized spacial score (nSPS) is 11.8. The minimum Gasteiger partial charge on any atom is -0.267 e. The number of hydrogen-bond acceptors (Lipinski definition) is 2. The van der Waals surface area contributed by atoms with Crippen molar-refractivity contribution in [1.82, 2.24) is 10.4 Å². The van der Waals surface area contributed by atoms with Crippen molar-refractivity contribution < 1.29 is 22.8 Å². The largest absolute Gasteiger partial charge is 0.416 e. The van der Waals surface area contributed by atoms with Crippen molar-refractivity contribution in [1.29, 1.82) is 0 Å². The van der Waals surface area contributed by atoms with E-state index in [0.717, 1.165) is 22.7 Å². The molecular formula is C20H21F3N2O2. The zero-order valence-electron chi connectivity index (χ0n) is 15.5. The molecule has 0 saturated carbocycles. The number of amides is 2. The van der Waals surface area contributed by atoms with Crippen LogP contribution in [0.2, 0.25) is 0 Å². The topological polar surface area (TPSA) is 49.4 Å². The molecule has 0 bridgehead atoms. The third-order valence-electron chi connectivity index (χ3n) is 3.91. The van der Waals surface area contributed by atoms with Gasteiger partial charge in [0.15, 0.2) is 0 Å². The average Bonchev–Trinajstić information content (AvgIpc) is 2.57. The summed E-state index contributed by atoms with van der Waals surface area (Å²) in [6.07, 6.45) is -4.56. The van der Waals surface area contributed by atoms with E-state index in [1.165, 1.54) is 12.1 Å². The number of rotatable bonds is 2. The van der Waals surface area contributed by atoms with Gasteiger partial charge in [0.05, 0.1) is 11.1 Å². The van der Waals surface area contributed by atoms with Crippen LogP contribution in [0.3, 0.4) is 0 Å². The van der Waals surface area contributed by atoms with Crippen molar-refractivity contribution in [2.75, 3.05) is 0 Å². The van der Waals surface area contributed by atoms with Crippen LogP contribution in [0.15, 0.2) is 48.5 Å². The third kappa shape index (κ3) is 4.87. The van der Waals surface area contributed by atoms with E-state index in [-0.39, 0.29) is 5.56 Å². The van der Waals surface area contributed by atoms with E-state index >= 15 is 0 Å². The first-order valence-corrected chi connectivity index (χ1v) is 8.29. The molecule has 144 valence electrons. The van der Waals surface area contributed by atoms with E-state index in [1.807, 2.05) is 0 Å². The van der Waals surface area contributed by atoms with Crippen LogP contribution in [-0.4, -0.2) is 22.4 Å². The molecule has 0 aromatic heterocycles. The molecule has 2 rings (SSSR count). The predicted molar refractivity (Wildman–Crippen MR) is 96.0 cm³/mol. The number of alkyl halides is 3. The molecule has 0 heterocycles. The summed E-state index contributed by atoms with van der Waals surface area (Å²) in [6.45, 7) is 6.79. The smallest absolute Gasteiger partial charge is 0.267 e. The fraction of sp³-hybridized carbons (Fsp3) is 0.300. The lowest BCUT2D eigenvalue weighted by Crippen LogP contribution is -2.56. The number of carbonyl (C=O) groups is 2. The zero-order chi connectivity index (χ0) is 20.4. The zero-order valence-corrected chi connectivity index (χ0v) is 15.5. The Morgan fingerprint density at radius 3 is 2.15 bits per heavy atom. The summed E-state index contributed by atoms with van der Waals surface area (Å²) in [5.74, 6) is -1.24. The van der Waals surface area contributed by atoms with Crippen LogP contribution in [0, 0.1) is 6.92 Å². The van der Waals surface area contributed by atoms with Crippen molar-refractivity contribution in [3.05, 3.63) is 70.8 Å². The summed E-state index contributed by atoms with van der Waals surface area (Å²) in [4.78, 5) is 25.5. The SMILES string of the molecule is Cc1ccccc1C(=O)NN(C(=O)c1cccc(C(F)(F)F)c1)C(C)(C)C. The lowest BCUT2D eigenvalue weighted by atomic mass is 10.0. The van der Waals surface area contributed by atoms with E-state index in [9.17, 15) is 22.8 Å².